The zero-order valence-corrected chi connectivity index (χ0v) is 13.2. The van der Waals surface area contributed by atoms with Crippen LogP contribution in [0, 0.1) is 23.6 Å². The number of aliphatic carboxylic acids is 1. The molecule has 114 valence electrons. The number of anilines is 1. The monoisotopic (exact) mass is 357 g/mol. The van der Waals surface area contributed by atoms with Crippen LogP contribution in [0.25, 0.3) is 0 Å². The van der Waals surface area contributed by atoms with Gasteiger partial charge in [0, 0.05) is 4.47 Å². The molecule has 0 radical (unpaired) electrons. The Morgan fingerprint density at radius 3 is 2.62 bits per heavy atom. The van der Waals surface area contributed by atoms with Crippen molar-refractivity contribution in [2.24, 2.45) is 17.8 Å². The number of halogens is 2. The first-order valence-corrected chi connectivity index (χ1v) is 7.71. The number of hydrogen-bond donors (Lipinski definition) is 2. The Morgan fingerprint density at radius 1 is 1.38 bits per heavy atom. The Bertz CT molecular complexity index is 544. The molecule has 3 atom stereocenters. The lowest BCUT2D eigenvalue weighted by atomic mass is 9.95. The van der Waals surface area contributed by atoms with E-state index in [1.54, 1.807) is 6.07 Å². The van der Waals surface area contributed by atoms with E-state index >= 15 is 0 Å². The highest BCUT2D eigenvalue weighted by Gasteiger charge is 2.42. The lowest BCUT2D eigenvalue weighted by Crippen LogP contribution is -2.30. The van der Waals surface area contributed by atoms with E-state index in [1.807, 2.05) is 6.92 Å². The maximum atomic E-state index is 13.7. The summed E-state index contributed by atoms with van der Waals surface area (Å²) in [6, 6.07) is 4.40. The fourth-order valence-corrected chi connectivity index (χ4v) is 3.31. The lowest BCUT2D eigenvalue weighted by Gasteiger charge is -2.16. The highest BCUT2D eigenvalue weighted by Crippen LogP contribution is 2.39. The summed E-state index contributed by atoms with van der Waals surface area (Å²) in [7, 11) is 0. The molecule has 2 N–H and O–H groups in total. The van der Waals surface area contributed by atoms with Gasteiger partial charge in [-0.3, -0.25) is 9.59 Å². The fraction of sp³-hybridized carbons (Fsp3) is 0.467. The molecule has 0 aromatic heterocycles. The van der Waals surface area contributed by atoms with E-state index in [1.165, 1.54) is 12.1 Å². The molecule has 21 heavy (non-hydrogen) atoms. The third kappa shape index (κ3) is 3.43. The highest BCUT2D eigenvalue weighted by atomic mass is 79.9. The van der Waals surface area contributed by atoms with Crippen molar-refractivity contribution >= 4 is 33.5 Å². The average molecular weight is 358 g/mol. The minimum absolute atomic E-state index is 0.0617. The second-order valence-electron chi connectivity index (χ2n) is 5.38. The quantitative estimate of drug-likeness (QED) is 0.863. The summed E-state index contributed by atoms with van der Waals surface area (Å²) in [5, 5.41) is 11.8. The van der Waals surface area contributed by atoms with Crippen LogP contribution >= 0.6 is 15.9 Å². The number of benzene rings is 1. The maximum absolute atomic E-state index is 13.7. The molecule has 2 rings (SSSR count). The predicted molar refractivity (Wildman–Crippen MR) is 80.4 cm³/mol. The first-order chi connectivity index (χ1) is 9.93. The Balaban J connectivity index is 2.17. The molecule has 1 aromatic rings. The third-order valence-electron chi connectivity index (χ3n) is 4.10. The third-order valence-corrected chi connectivity index (χ3v) is 4.76. The first-order valence-electron chi connectivity index (χ1n) is 6.91. The Hall–Kier alpha value is -1.43. The molecule has 1 aliphatic rings. The van der Waals surface area contributed by atoms with Crippen molar-refractivity contribution in [1.82, 2.24) is 0 Å². The number of carbonyl (C=O) groups excluding carboxylic acids is 1. The number of carboxylic acids is 1. The van der Waals surface area contributed by atoms with E-state index in [9.17, 15) is 19.1 Å². The fourth-order valence-electron chi connectivity index (χ4n) is 2.87. The summed E-state index contributed by atoms with van der Waals surface area (Å²) in [6.45, 7) is 1.98. The molecule has 1 aromatic carbocycles. The molecule has 0 aliphatic heterocycles. The normalized spacial score (nSPS) is 24.8. The summed E-state index contributed by atoms with van der Waals surface area (Å²) < 4.78 is 14.2. The first kappa shape index (κ1) is 15.9. The molecule has 4 nitrogen and oxygen atoms in total. The SMILES string of the molecule is CCC1CC(C(=O)O)C(C(=O)Nc2c(F)cccc2Br)C1. The van der Waals surface area contributed by atoms with Gasteiger partial charge in [0.05, 0.1) is 17.5 Å². The molecular weight excluding hydrogens is 341 g/mol. The minimum Gasteiger partial charge on any atom is -0.481 e. The second kappa shape index (κ2) is 6.56. The maximum Gasteiger partial charge on any atom is 0.307 e. The van der Waals surface area contributed by atoms with Crippen molar-refractivity contribution in [2.45, 2.75) is 26.2 Å². The van der Waals surface area contributed by atoms with Crippen molar-refractivity contribution < 1.29 is 19.1 Å². The molecule has 6 heteroatoms. The molecule has 1 saturated carbocycles. The van der Waals surface area contributed by atoms with Crippen molar-refractivity contribution in [2.75, 3.05) is 5.32 Å². The predicted octanol–water partition coefficient (Wildman–Crippen LogP) is 3.66. The summed E-state index contributed by atoms with van der Waals surface area (Å²) in [4.78, 5) is 23.6. The van der Waals surface area contributed by atoms with Gasteiger partial charge in [-0.1, -0.05) is 19.4 Å². The van der Waals surface area contributed by atoms with E-state index in [2.05, 4.69) is 21.2 Å². The number of rotatable bonds is 4. The standard InChI is InChI=1S/C15H17BrFNO3/c1-2-8-6-9(10(7-8)15(20)21)14(19)18-13-11(16)4-3-5-12(13)17/h3-5,8-10H,2,6-7H2,1H3,(H,18,19)(H,20,21). The molecule has 1 amide bonds. The average Bonchev–Trinajstić information content (AvgIpc) is 2.87. The van der Waals surface area contributed by atoms with E-state index < -0.39 is 29.5 Å². The largest absolute Gasteiger partial charge is 0.481 e. The summed E-state index contributed by atoms with van der Waals surface area (Å²) in [5.41, 5.74) is 0.0617. The summed E-state index contributed by atoms with van der Waals surface area (Å²) >= 11 is 3.18. The molecule has 1 fully saturated rings. The molecule has 0 heterocycles. The Kier molecular flexibility index (Phi) is 4.98. The molecule has 3 unspecified atom stereocenters. The molecular formula is C15H17BrFNO3. The highest BCUT2D eigenvalue weighted by molar-refractivity contribution is 9.10. The van der Waals surface area contributed by atoms with Gasteiger partial charge < -0.3 is 10.4 Å². The van der Waals surface area contributed by atoms with Gasteiger partial charge in [-0.15, -0.1) is 0 Å². The van der Waals surface area contributed by atoms with Crippen LogP contribution in [0.3, 0.4) is 0 Å². The second-order valence-corrected chi connectivity index (χ2v) is 6.24. The summed E-state index contributed by atoms with van der Waals surface area (Å²) in [6.07, 6.45) is 1.88. The van der Waals surface area contributed by atoms with Crippen LogP contribution in [0.2, 0.25) is 0 Å². The lowest BCUT2D eigenvalue weighted by molar-refractivity contribution is -0.145. The van der Waals surface area contributed by atoms with Gasteiger partial charge in [0.2, 0.25) is 5.91 Å². The van der Waals surface area contributed by atoms with Crippen LogP contribution in [0.5, 0.6) is 0 Å². The molecule has 0 spiro atoms. The van der Waals surface area contributed by atoms with Crippen LogP contribution in [0.1, 0.15) is 26.2 Å². The Morgan fingerprint density at radius 2 is 2.05 bits per heavy atom. The van der Waals surface area contributed by atoms with Crippen molar-refractivity contribution in [3.8, 4) is 0 Å². The molecule has 0 bridgehead atoms. The van der Waals surface area contributed by atoms with Crippen LogP contribution < -0.4 is 5.32 Å². The van der Waals surface area contributed by atoms with Gasteiger partial charge in [-0.2, -0.15) is 0 Å². The number of carbonyl (C=O) groups is 2. The Labute approximate surface area is 130 Å². The van der Waals surface area contributed by atoms with Crippen molar-refractivity contribution in [3.63, 3.8) is 0 Å². The summed E-state index contributed by atoms with van der Waals surface area (Å²) in [5.74, 6) is -3.01. The van der Waals surface area contributed by atoms with Gasteiger partial charge in [0.25, 0.3) is 0 Å². The van der Waals surface area contributed by atoms with E-state index in [0.717, 1.165) is 6.42 Å². The van der Waals surface area contributed by atoms with Crippen LogP contribution in [0.4, 0.5) is 10.1 Å². The minimum atomic E-state index is -0.960. The van der Waals surface area contributed by atoms with E-state index in [4.69, 9.17) is 0 Å². The zero-order chi connectivity index (χ0) is 15.6. The number of hydrogen-bond acceptors (Lipinski definition) is 2. The molecule has 0 saturated heterocycles. The van der Waals surface area contributed by atoms with Gasteiger partial charge >= 0.3 is 5.97 Å². The van der Waals surface area contributed by atoms with Gasteiger partial charge in [-0.05, 0) is 46.8 Å². The van der Waals surface area contributed by atoms with Crippen molar-refractivity contribution in [3.05, 3.63) is 28.5 Å². The van der Waals surface area contributed by atoms with Crippen LogP contribution in [0.15, 0.2) is 22.7 Å². The molecule has 1 aliphatic carbocycles. The van der Waals surface area contributed by atoms with E-state index in [-0.39, 0.29) is 11.6 Å². The van der Waals surface area contributed by atoms with E-state index in [0.29, 0.717) is 17.3 Å². The topological polar surface area (TPSA) is 66.4 Å². The number of para-hydroxylation sites is 1. The van der Waals surface area contributed by atoms with Crippen LogP contribution in [-0.4, -0.2) is 17.0 Å². The zero-order valence-electron chi connectivity index (χ0n) is 11.6. The van der Waals surface area contributed by atoms with Crippen molar-refractivity contribution in [1.29, 1.82) is 0 Å². The number of amides is 1. The van der Waals surface area contributed by atoms with Gasteiger partial charge in [-0.25, -0.2) is 4.39 Å². The smallest absolute Gasteiger partial charge is 0.307 e. The van der Waals surface area contributed by atoms with Gasteiger partial charge in [0.1, 0.15) is 5.82 Å². The number of nitrogens with one attached hydrogen (secondary N) is 1. The number of carboxylic acid groups (broad SMARTS) is 1. The van der Waals surface area contributed by atoms with Crippen LogP contribution in [-0.2, 0) is 9.59 Å². The van der Waals surface area contributed by atoms with Gasteiger partial charge in [0.15, 0.2) is 0 Å².